The van der Waals surface area contributed by atoms with E-state index in [-0.39, 0.29) is 5.02 Å². The maximum absolute atomic E-state index is 13.6. The van der Waals surface area contributed by atoms with Gasteiger partial charge in [0.05, 0.1) is 17.8 Å². The molecule has 7 heteroatoms. The second kappa shape index (κ2) is 6.83. The fraction of sp³-hybridized carbons (Fsp3) is 0.0455. The molecule has 4 heterocycles. The van der Waals surface area contributed by atoms with Gasteiger partial charge in [-0.05, 0) is 30.3 Å². The van der Waals surface area contributed by atoms with Crippen molar-refractivity contribution in [3.05, 3.63) is 84.3 Å². The molecule has 5 aromatic rings. The number of imidazole rings is 2. The first-order valence-corrected chi connectivity index (χ1v) is 9.41. The number of nitrogens with zero attached hydrogens (tertiary/aromatic N) is 4. The van der Waals surface area contributed by atoms with Crippen molar-refractivity contribution in [1.29, 1.82) is 0 Å². The quantitative estimate of drug-likeness (QED) is 0.444. The van der Waals surface area contributed by atoms with Crippen LogP contribution in [0.5, 0.6) is 0 Å². The molecule has 4 aromatic heterocycles. The largest absolute Gasteiger partial charge is 0.341 e. The average molecular weight is 405 g/mol. The number of aromatic nitrogens is 5. The molecule has 0 fully saturated rings. The van der Waals surface area contributed by atoms with Crippen LogP contribution < -0.4 is 4.57 Å². The number of halogens is 2. The average Bonchev–Trinajstić information content (AvgIpc) is 3.38. The Bertz CT molecular complexity index is 1340. The number of aryl methyl sites for hydroxylation is 1. The zero-order valence-electron chi connectivity index (χ0n) is 15.5. The normalized spacial score (nSPS) is 11.3. The minimum Gasteiger partial charge on any atom is -0.341 e. The molecule has 0 spiro atoms. The van der Waals surface area contributed by atoms with Crippen molar-refractivity contribution >= 4 is 17.2 Å². The van der Waals surface area contributed by atoms with Gasteiger partial charge in [-0.2, -0.15) is 4.40 Å². The first kappa shape index (κ1) is 17.6. The van der Waals surface area contributed by atoms with Crippen molar-refractivity contribution in [3.63, 3.8) is 0 Å². The Kier molecular flexibility index (Phi) is 4.14. The summed E-state index contributed by atoms with van der Waals surface area (Å²) in [6.45, 7) is 0. The van der Waals surface area contributed by atoms with Gasteiger partial charge in [-0.25, -0.2) is 13.9 Å². The number of rotatable bonds is 3. The number of benzene rings is 1. The summed E-state index contributed by atoms with van der Waals surface area (Å²) in [5, 5.41) is 0.0760. The molecule has 29 heavy (non-hydrogen) atoms. The van der Waals surface area contributed by atoms with E-state index in [1.807, 2.05) is 36.0 Å². The molecule has 0 atom stereocenters. The van der Waals surface area contributed by atoms with Gasteiger partial charge in [-0.1, -0.05) is 17.7 Å². The van der Waals surface area contributed by atoms with Gasteiger partial charge in [0, 0.05) is 41.3 Å². The maximum atomic E-state index is 13.6. The Hall–Kier alpha value is -3.51. The molecule has 0 saturated heterocycles. The van der Waals surface area contributed by atoms with Crippen molar-refractivity contribution in [1.82, 2.24) is 19.4 Å². The second-order valence-corrected chi connectivity index (χ2v) is 7.14. The van der Waals surface area contributed by atoms with Crippen LogP contribution in [0.1, 0.15) is 0 Å². The van der Waals surface area contributed by atoms with E-state index in [1.54, 1.807) is 30.7 Å². The summed E-state index contributed by atoms with van der Waals surface area (Å²) in [6, 6.07) is 12.6. The minimum absolute atomic E-state index is 0.0760. The SMILES string of the molecule is C[n+]1cc(-c2ncc[nH]2)n2cc(-c3cccnc3-c3ccc(F)c(Cl)c3)ccc21. The molecule has 0 aliphatic heterocycles. The van der Waals surface area contributed by atoms with Crippen LogP contribution in [0.2, 0.25) is 5.02 Å². The van der Waals surface area contributed by atoms with Crippen molar-refractivity contribution in [2.75, 3.05) is 0 Å². The summed E-state index contributed by atoms with van der Waals surface area (Å²) in [6.07, 6.45) is 9.34. The van der Waals surface area contributed by atoms with E-state index in [1.165, 1.54) is 6.07 Å². The Balaban J connectivity index is 1.71. The van der Waals surface area contributed by atoms with Crippen LogP contribution in [0, 0.1) is 5.82 Å². The standard InChI is InChI=1S/C22H16ClFN5/c1-28-13-19(22-26-9-10-27-22)29-12-15(5-7-20(28)29)16-3-2-8-25-21(16)14-4-6-18(24)17(23)11-14/h2-13H,1H3,(H,26,27)/q+1. The third-order valence-electron chi connectivity index (χ3n) is 4.92. The van der Waals surface area contributed by atoms with Crippen molar-refractivity contribution in [3.8, 4) is 33.9 Å². The number of hydrogen-bond acceptors (Lipinski definition) is 2. The fourth-order valence-electron chi connectivity index (χ4n) is 3.54. The lowest BCUT2D eigenvalue weighted by atomic mass is 10.0. The Morgan fingerprint density at radius 3 is 2.72 bits per heavy atom. The van der Waals surface area contributed by atoms with E-state index in [4.69, 9.17) is 11.6 Å². The molecule has 142 valence electrons. The van der Waals surface area contributed by atoms with Crippen molar-refractivity contribution in [2.45, 2.75) is 0 Å². The van der Waals surface area contributed by atoms with E-state index in [0.717, 1.165) is 39.5 Å². The molecule has 1 aromatic carbocycles. The third-order valence-corrected chi connectivity index (χ3v) is 5.21. The first-order chi connectivity index (χ1) is 14.1. The highest BCUT2D eigenvalue weighted by molar-refractivity contribution is 6.31. The van der Waals surface area contributed by atoms with Crippen LogP contribution in [0.3, 0.4) is 0 Å². The predicted molar refractivity (Wildman–Crippen MR) is 110 cm³/mol. The minimum atomic E-state index is -0.447. The van der Waals surface area contributed by atoms with E-state index >= 15 is 0 Å². The van der Waals surface area contributed by atoms with Gasteiger partial charge in [-0.3, -0.25) is 4.98 Å². The van der Waals surface area contributed by atoms with Crippen molar-refractivity contribution < 1.29 is 8.96 Å². The first-order valence-electron chi connectivity index (χ1n) is 9.03. The fourth-order valence-corrected chi connectivity index (χ4v) is 3.72. The number of H-pyrrole nitrogens is 1. The number of aromatic amines is 1. The van der Waals surface area contributed by atoms with E-state index < -0.39 is 5.82 Å². The Labute approximate surface area is 171 Å². The lowest BCUT2D eigenvalue weighted by Gasteiger charge is -2.09. The topological polar surface area (TPSA) is 49.9 Å². The highest BCUT2D eigenvalue weighted by Gasteiger charge is 2.20. The highest BCUT2D eigenvalue weighted by Crippen LogP contribution is 2.32. The second-order valence-electron chi connectivity index (χ2n) is 6.74. The molecule has 5 rings (SSSR count). The molecule has 0 saturated carbocycles. The summed E-state index contributed by atoms with van der Waals surface area (Å²) in [4.78, 5) is 12.1. The maximum Gasteiger partial charge on any atom is 0.286 e. The van der Waals surface area contributed by atoms with Crippen LogP contribution in [-0.4, -0.2) is 19.4 Å². The van der Waals surface area contributed by atoms with Gasteiger partial charge in [0.1, 0.15) is 18.2 Å². The summed E-state index contributed by atoms with van der Waals surface area (Å²) in [5.41, 5.74) is 5.38. The van der Waals surface area contributed by atoms with Crippen LogP contribution in [0.25, 0.3) is 39.5 Å². The molecule has 5 nitrogen and oxygen atoms in total. The van der Waals surface area contributed by atoms with Crippen LogP contribution in [-0.2, 0) is 7.05 Å². The van der Waals surface area contributed by atoms with E-state index in [2.05, 4.69) is 31.6 Å². The molecular weight excluding hydrogens is 389 g/mol. The zero-order valence-corrected chi connectivity index (χ0v) is 16.2. The lowest BCUT2D eigenvalue weighted by Crippen LogP contribution is -2.25. The third kappa shape index (κ3) is 2.98. The Morgan fingerprint density at radius 2 is 1.93 bits per heavy atom. The molecular formula is C22H16ClFN5+. The summed E-state index contributed by atoms with van der Waals surface area (Å²) >= 11 is 6.00. The highest BCUT2D eigenvalue weighted by atomic mass is 35.5. The van der Waals surface area contributed by atoms with Crippen molar-refractivity contribution in [2.24, 2.45) is 7.05 Å². The van der Waals surface area contributed by atoms with Gasteiger partial charge in [0.2, 0.25) is 5.69 Å². The monoisotopic (exact) mass is 404 g/mol. The lowest BCUT2D eigenvalue weighted by molar-refractivity contribution is -0.644. The molecule has 0 aliphatic carbocycles. The zero-order chi connectivity index (χ0) is 20.0. The van der Waals surface area contributed by atoms with E-state index in [9.17, 15) is 4.39 Å². The van der Waals surface area contributed by atoms with Crippen LogP contribution in [0.15, 0.2) is 73.4 Å². The number of pyridine rings is 2. The smallest absolute Gasteiger partial charge is 0.286 e. The number of nitrogens with one attached hydrogen (secondary N) is 1. The summed E-state index contributed by atoms with van der Waals surface area (Å²) in [7, 11) is 2.00. The van der Waals surface area contributed by atoms with Gasteiger partial charge in [-0.15, -0.1) is 0 Å². The molecule has 0 amide bonds. The number of hydrogen-bond donors (Lipinski definition) is 1. The van der Waals surface area contributed by atoms with Gasteiger partial charge >= 0.3 is 0 Å². The molecule has 0 radical (unpaired) electrons. The predicted octanol–water partition coefficient (Wildman–Crippen LogP) is 4.68. The molecule has 0 unspecified atom stereocenters. The van der Waals surface area contributed by atoms with Gasteiger partial charge in [0.15, 0.2) is 5.82 Å². The molecule has 0 bridgehead atoms. The Morgan fingerprint density at radius 1 is 1.07 bits per heavy atom. The molecule has 1 N–H and O–H groups in total. The van der Waals surface area contributed by atoms with Gasteiger partial charge < -0.3 is 4.98 Å². The van der Waals surface area contributed by atoms with Crippen LogP contribution in [0.4, 0.5) is 4.39 Å². The van der Waals surface area contributed by atoms with Gasteiger partial charge in [0.25, 0.3) is 5.65 Å². The van der Waals surface area contributed by atoms with Crippen LogP contribution >= 0.6 is 11.6 Å². The van der Waals surface area contributed by atoms with E-state index in [0.29, 0.717) is 0 Å². The molecule has 0 aliphatic rings. The summed E-state index contributed by atoms with van der Waals surface area (Å²) < 4.78 is 17.8. The summed E-state index contributed by atoms with van der Waals surface area (Å²) in [5.74, 6) is 0.340. The number of fused-ring (bicyclic) bond motifs is 1.